The highest BCUT2D eigenvalue weighted by Crippen LogP contribution is 2.42. The van der Waals surface area contributed by atoms with E-state index in [9.17, 15) is 31.8 Å². The molecule has 4 aromatic rings. The SMILES string of the molecule is C#CCN1C(=O)COc2cc(F)c(N=c3snc4n3CC(C)(C)C4)cc21.CS(=O)(=O)c1cc(Cl)ccc1C(=O)c1cnoc1C1CC1.O=C(O)CNCP(=O)(O)O. The van der Waals surface area contributed by atoms with Crippen LogP contribution in [0.4, 0.5) is 15.8 Å². The Kier molecular flexibility index (Phi) is 13.2. The molecule has 2 aromatic carbocycles. The van der Waals surface area contributed by atoms with E-state index in [1.54, 1.807) is 0 Å². The summed E-state index contributed by atoms with van der Waals surface area (Å²) in [5.41, 5.74) is 1.09. The zero-order valence-electron chi connectivity index (χ0n) is 30.6. The van der Waals surface area contributed by atoms with E-state index in [4.69, 9.17) is 42.2 Å². The zero-order valence-corrected chi connectivity index (χ0v) is 33.9. The maximum atomic E-state index is 14.5. The van der Waals surface area contributed by atoms with E-state index in [1.807, 2.05) is 4.57 Å². The van der Waals surface area contributed by atoms with Gasteiger partial charge in [0.1, 0.15) is 17.3 Å². The average molecular weight is 867 g/mol. The van der Waals surface area contributed by atoms with Crippen LogP contribution in [-0.4, -0.2) is 87.3 Å². The number of carboxylic acids is 1. The summed E-state index contributed by atoms with van der Waals surface area (Å²) in [6.07, 6.45) is 9.92. The number of fused-ring (bicyclic) bond motifs is 2. The number of amides is 1. The number of sulfone groups is 1. The lowest BCUT2D eigenvalue weighted by molar-refractivity contribution is -0.135. The third-order valence-electron chi connectivity index (χ3n) is 8.41. The van der Waals surface area contributed by atoms with Gasteiger partial charge in [-0.1, -0.05) is 36.5 Å². The van der Waals surface area contributed by atoms with Crippen molar-refractivity contribution in [2.24, 2.45) is 10.4 Å². The smallest absolute Gasteiger partial charge is 0.339 e. The van der Waals surface area contributed by atoms with Gasteiger partial charge in [-0.25, -0.2) is 17.8 Å². The highest BCUT2D eigenvalue weighted by molar-refractivity contribution is 7.90. The summed E-state index contributed by atoms with van der Waals surface area (Å²) < 4.78 is 65.2. The highest BCUT2D eigenvalue weighted by Gasteiger charge is 2.34. The molecule has 0 atom stereocenters. The van der Waals surface area contributed by atoms with Gasteiger partial charge in [0.25, 0.3) is 5.91 Å². The Morgan fingerprint density at radius 1 is 1.23 bits per heavy atom. The summed E-state index contributed by atoms with van der Waals surface area (Å²) in [5, 5.41) is 14.0. The number of halogens is 2. The van der Waals surface area contributed by atoms with Crippen molar-refractivity contribution in [2.45, 2.75) is 50.5 Å². The van der Waals surface area contributed by atoms with Gasteiger partial charge in [0, 0.05) is 53.3 Å². The van der Waals surface area contributed by atoms with Crippen LogP contribution >= 0.6 is 30.7 Å². The number of benzene rings is 2. The molecule has 304 valence electrons. The number of hydrogen-bond donors (Lipinski definition) is 4. The van der Waals surface area contributed by atoms with Crippen LogP contribution in [-0.2, 0) is 37.0 Å². The molecule has 0 bridgehead atoms. The molecule has 0 spiro atoms. The standard InChI is InChI=1S/C18H17FN4O2S.C14H12ClNO4S.C3H8NO5P/c1-4-5-22-13-7-12(11(19)6-14(13)25-9-16(22)24)20-17-23-10-18(2,3)8-15(23)21-26-17;1-21(18,19)12-6-9(15)4-5-10(12)13(17)11-7-16-20-14(11)8-2-3-8;5-3(6)1-4-2-10(7,8)9/h1,6-7H,5,8-10H2,2-3H3;4-8H,2-3H2,1H3;4H,1-2H2,(H,5,6)(H2,7,8,9). The van der Waals surface area contributed by atoms with E-state index in [0.717, 1.165) is 37.9 Å². The number of terminal acetylenes is 1. The first-order valence-electron chi connectivity index (χ1n) is 16.9. The summed E-state index contributed by atoms with van der Waals surface area (Å²) in [5.74, 6) is 2.12. The summed E-state index contributed by atoms with van der Waals surface area (Å²) in [6.45, 7) is 4.61. The largest absolute Gasteiger partial charge is 0.481 e. The molecule has 4 N–H and O–H groups in total. The normalized spacial score (nSPS) is 15.9. The molecule has 0 radical (unpaired) electrons. The van der Waals surface area contributed by atoms with E-state index >= 15 is 0 Å². The monoisotopic (exact) mass is 866 g/mol. The first-order valence-corrected chi connectivity index (χ1v) is 21.8. The predicted molar refractivity (Wildman–Crippen MR) is 205 cm³/mol. The molecule has 7 rings (SSSR count). The van der Waals surface area contributed by atoms with E-state index in [0.29, 0.717) is 27.6 Å². The van der Waals surface area contributed by atoms with Crippen LogP contribution in [0.25, 0.3) is 0 Å². The Bertz CT molecular complexity index is 2490. The maximum absolute atomic E-state index is 14.5. The maximum Gasteiger partial charge on any atom is 0.339 e. The second kappa shape index (κ2) is 17.4. The summed E-state index contributed by atoms with van der Waals surface area (Å²) in [7, 11) is -7.66. The molecule has 57 heavy (non-hydrogen) atoms. The van der Waals surface area contributed by atoms with Gasteiger partial charge < -0.3 is 28.7 Å². The van der Waals surface area contributed by atoms with Crippen molar-refractivity contribution in [3.05, 3.63) is 74.9 Å². The van der Waals surface area contributed by atoms with Gasteiger partial charge in [0.2, 0.25) is 4.80 Å². The molecular formula is C35H37ClFN6O11PS2. The number of carboxylic acid groups (broad SMARTS) is 1. The van der Waals surface area contributed by atoms with Crippen LogP contribution < -0.4 is 19.8 Å². The number of rotatable bonds is 10. The minimum atomic E-state index is -4.10. The van der Waals surface area contributed by atoms with Crippen molar-refractivity contribution in [1.29, 1.82) is 0 Å². The molecule has 1 aliphatic carbocycles. The lowest BCUT2D eigenvalue weighted by Gasteiger charge is -2.28. The number of aliphatic carboxylic acids is 1. The van der Waals surface area contributed by atoms with Crippen molar-refractivity contribution in [2.75, 3.05) is 37.1 Å². The van der Waals surface area contributed by atoms with Crippen molar-refractivity contribution < 1.29 is 55.9 Å². The van der Waals surface area contributed by atoms with Crippen molar-refractivity contribution >= 4 is 69.6 Å². The predicted octanol–water partition coefficient (Wildman–Crippen LogP) is 3.89. The number of nitrogens with zero attached hydrogens (tertiary/aromatic N) is 5. The number of hydrogen-bond acceptors (Lipinski definition) is 13. The van der Waals surface area contributed by atoms with Crippen LogP contribution in [0, 0.1) is 23.6 Å². The van der Waals surface area contributed by atoms with Gasteiger partial charge in [-0.15, -0.1) is 6.42 Å². The lowest BCUT2D eigenvalue weighted by Crippen LogP contribution is -2.39. The molecule has 4 heterocycles. The molecule has 1 fully saturated rings. The number of ketones is 1. The third kappa shape index (κ3) is 11.2. The van der Waals surface area contributed by atoms with Gasteiger partial charge in [-0.2, -0.15) is 4.37 Å². The Morgan fingerprint density at radius 2 is 1.95 bits per heavy atom. The first-order chi connectivity index (χ1) is 26.7. The van der Waals surface area contributed by atoms with E-state index < -0.39 is 47.8 Å². The molecule has 0 unspecified atom stereocenters. The average Bonchev–Trinajstić information content (AvgIpc) is 3.60. The van der Waals surface area contributed by atoms with E-state index in [2.05, 4.69) is 39.6 Å². The Hall–Kier alpha value is -4.74. The van der Waals surface area contributed by atoms with Gasteiger partial charge in [-0.05, 0) is 42.5 Å². The number of aromatic nitrogens is 3. The molecule has 1 amide bonds. The van der Waals surface area contributed by atoms with Crippen molar-refractivity contribution in [3.63, 3.8) is 0 Å². The number of carbonyl (C=O) groups excluding carboxylic acids is 2. The molecule has 22 heteroatoms. The second-order valence-electron chi connectivity index (χ2n) is 13.9. The summed E-state index contributed by atoms with van der Waals surface area (Å²) in [6, 6.07) is 6.96. The lowest BCUT2D eigenvalue weighted by atomic mass is 9.92. The molecule has 1 saturated carbocycles. The first kappa shape index (κ1) is 43.4. The van der Waals surface area contributed by atoms with Crippen molar-refractivity contribution in [1.82, 2.24) is 19.4 Å². The molecular weight excluding hydrogens is 830 g/mol. The Morgan fingerprint density at radius 3 is 2.58 bits per heavy atom. The topological polar surface area (TPSA) is 244 Å². The van der Waals surface area contributed by atoms with Crippen LogP contribution in [0.1, 0.15) is 60.1 Å². The van der Waals surface area contributed by atoms with Gasteiger partial charge >= 0.3 is 13.6 Å². The van der Waals surface area contributed by atoms with Crippen LogP contribution in [0.15, 0.2) is 50.9 Å². The van der Waals surface area contributed by atoms with Gasteiger partial charge in [-0.3, -0.25) is 29.2 Å². The number of carbonyl (C=O) groups is 3. The number of ether oxygens (including phenoxy) is 1. The second-order valence-corrected chi connectivity index (χ2v) is 18.7. The Balaban J connectivity index is 0.000000180. The highest BCUT2D eigenvalue weighted by atomic mass is 35.5. The number of anilines is 1. The van der Waals surface area contributed by atoms with Crippen molar-refractivity contribution in [3.8, 4) is 18.1 Å². The molecule has 17 nitrogen and oxygen atoms in total. The molecule has 3 aliphatic rings. The minimum absolute atomic E-state index is 0.0806. The fraction of sp³-hybridized carbons (Fsp3) is 0.371. The van der Waals surface area contributed by atoms with Crippen LogP contribution in [0.2, 0.25) is 5.02 Å². The zero-order chi connectivity index (χ0) is 41.9. The molecule has 0 saturated heterocycles. The molecule has 2 aromatic heterocycles. The number of nitrogens with one attached hydrogen (secondary N) is 1. The van der Waals surface area contributed by atoms with Crippen LogP contribution in [0.5, 0.6) is 5.75 Å². The Labute approximate surface area is 334 Å². The van der Waals surface area contributed by atoms with Crippen LogP contribution in [0.3, 0.4) is 0 Å². The van der Waals surface area contributed by atoms with Gasteiger partial charge in [0.15, 0.2) is 33.8 Å². The third-order valence-corrected chi connectivity index (χ3v) is 11.2. The fourth-order valence-electron chi connectivity index (χ4n) is 5.75. The van der Waals surface area contributed by atoms with E-state index in [1.165, 1.54) is 53.0 Å². The van der Waals surface area contributed by atoms with E-state index in [-0.39, 0.29) is 51.6 Å². The quantitative estimate of drug-likeness (QED) is 0.100. The van der Waals surface area contributed by atoms with Gasteiger partial charge in [0.05, 0.1) is 41.7 Å². The molecule has 2 aliphatic heterocycles. The summed E-state index contributed by atoms with van der Waals surface area (Å²) in [4.78, 5) is 57.3. The fourth-order valence-corrected chi connectivity index (χ4v) is 8.05. The summed E-state index contributed by atoms with van der Waals surface area (Å²) >= 11 is 7.08. The minimum Gasteiger partial charge on any atom is -0.481 e.